The molecule has 0 aliphatic rings. The van der Waals surface area contributed by atoms with Gasteiger partial charge in [0.1, 0.15) is 5.75 Å². The van der Waals surface area contributed by atoms with Crippen LogP contribution in [0, 0.1) is 6.92 Å². The molecule has 1 unspecified atom stereocenters. The van der Waals surface area contributed by atoms with E-state index < -0.39 is 0 Å². The predicted octanol–water partition coefficient (Wildman–Crippen LogP) is 4.48. The van der Waals surface area contributed by atoms with Crippen LogP contribution in [-0.2, 0) is 0 Å². The highest BCUT2D eigenvalue weighted by atomic mass is 35.5. The van der Waals surface area contributed by atoms with Crippen LogP contribution < -0.4 is 10.5 Å². The number of benzene rings is 2. The molecule has 2 nitrogen and oxygen atoms in total. The Balaban J connectivity index is 2.30. The van der Waals surface area contributed by atoms with E-state index in [9.17, 15) is 0 Å². The molecule has 20 heavy (non-hydrogen) atoms. The maximum absolute atomic E-state index is 6.34. The van der Waals surface area contributed by atoms with Crippen molar-refractivity contribution in [3.8, 4) is 5.75 Å². The molecule has 1 atom stereocenters. The molecule has 0 saturated carbocycles. The monoisotopic (exact) mass is 289 g/mol. The summed E-state index contributed by atoms with van der Waals surface area (Å²) in [6.07, 6.45) is 0.148. The number of halogens is 1. The second-order valence-electron chi connectivity index (χ2n) is 5.28. The summed E-state index contributed by atoms with van der Waals surface area (Å²) >= 11 is 6.10. The Bertz CT molecular complexity index is 575. The average molecular weight is 290 g/mol. The summed E-state index contributed by atoms with van der Waals surface area (Å²) in [4.78, 5) is 0. The zero-order chi connectivity index (χ0) is 14.7. The Hall–Kier alpha value is -1.51. The van der Waals surface area contributed by atoms with Crippen molar-refractivity contribution in [3.05, 3.63) is 64.2 Å². The van der Waals surface area contributed by atoms with Crippen LogP contribution in [0.4, 0.5) is 0 Å². The molecule has 0 aliphatic carbocycles. The number of nitrogens with two attached hydrogens (primary N) is 1. The molecular formula is C17H20ClNO. The van der Waals surface area contributed by atoms with Crippen LogP contribution >= 0.6 is 11.6 Å². The molecule has 106 valence electrons. The van der Waals surface area contributed by atoms with Gasteiger partial charge in [-0.15, -0.1) is 0 Å². The standard InChI is InChI=1S/C17H20ClNO/c1-11(2)20-16-6-4-5-13(10-16)17(19)14-7-12(3)8-15(18)9-14/h4-11,17H,19H2,1-3H3. The maximum atomic E-state index is 6.34. The lowest BCUT2D eigenvalue weighted by Crippen LogP contribution is -2.13. The molecule has 0 aromatic heterocycles. The van der Waals surface area contributed by atoms with Crippen molar-refractivity contribution in [2.75, 3.05) is 0 Å². The molecule has 0 spiro atoms. The van der Waals surface area contributed by atoms with Crippen molar-refractivity contribution in [3.63, 3.8) is 0 Å². The van der Waals surface area contributed by atoms with Gasteiger partial charge < -0.3 is 10.5 Å². The third-order valence-electron chi connectivity index (χ3n) is 3.01. The molecule has 0 heterocycles. The minimum absolute atomic E-state index is 0.148. The zero-order valence-electron chi connectivity index (χ0n) is 12.1. The van der Waals surface area contributed by atoms with E-state index in [4.69, 9.17) is 22.1 Å². The predicted molar refractivity (Wildman–Crippen MR) is 84.4 cm³/mol. The van der Waals surface area contributed by atoms with Crippen molar-refractivity contribution in [1.29, 1.82) is 0 Å². The van der Waals surface area contributed by atoms with Gasteiger partial charge in [0.25, 0.3) is 0 Å². The first-order valence-electron chi connectivity index (χ1n) is 6.75. The molecule has 2 aromatic carbocycles. The third-order valence-corrected chi connectivity index (χ3v) is 3.23. The Morgan fingerprint density at radius 3 is 2.45 bits per heavy atom. The summed E-state index contributed by atoms with van der Waals surface area (Å²) in [6.45, 7) is 6.03. The topological polar surface area (TPSA) is 35.2 Å². The largest absolute Gasteiger partial charge is 0.491 e. The van der Waals surface area contributed by atoms with Gasteiger partial charge in [-0.05, 0) is 61.7 Å². The summed E-state index contributed by atoms with van der Waals surface area (Å²) in [5.41, 5.74) is 9.48. The summed E-state index contributed by atoms with van der Waals surface area (Å²) < 4.78 is 5.71. The van der Waals surface area contributed by atoms with Crippen LogP contribution in [0.15, 0.2) is 42.5 Å². The quantitative estimate of drug-likeness (QED) is 0.900. The molecule has 2 N–H and O–H groups in total. The first-order chi connectivity index (χ1) is 9.45. The lowest BCUT2D eigenvalue weighted by atomic mass is 9.98. The van der Waals surface area contributed by atoms with E-state index in [0.29, 0.717) is 5.02 Å². The van der Waals surface area contributed by atoms with Crippen LogP contribution in [-0.4, -0.2) is 6.10 Å². The Labute approximate surface area is 125 Å². The van der Waals surface area contributed by atoms with E-state index in [0.717, 1.165) is 22.4 Å². The van der Waals surface area contributed by atoms with Crippen molar-refractivity contribution in [2.24, 2.45) is 5.73 Å². The van der Waals surface area contributed by atoms with Crippen molar-refractivity contribution < 1.29 is 4.74 Å². The lowest BCUT2D eigenvalue weighted by Gasteiger charge is -2.16. The highest BCUT2D eigenvalue weighted by molar-refractivity contribution is 6.30. The Morgan fingerprint density at radius 2 is 1.80 bits per heavy atom. The average Bonchev–Trinajstić information content (AvgIpc) is 2.36. The van der Waals surface area contributed by atoms with Gasteiger partial charge in [0.15, 0.2) is 0 Å². The van der Waals surface area contributed by atoms with E-state index in [1.165, 1.54) is 0 Å². The smallest absolute Gasteiger partial charge is 0.120 e. The Kier molecular flexibility index (Phi) is 4.69. The first kappa shape index (κ1) is 14.9. The second-order valence-corrected chi connectivity index (χ2v) is 5.72. The fourth-order valence-electron chi connectivity index (χ4n) is 2.19. The number of hydrogen-bond acceptors (Lipinski definition) is 2. The van der Waals surface area contributed by atoms with Crippen LogP contribution in [0.1, 0.15) is 36.6 Å². The van der Waals surface area contributed by atoms with E-state index in [1.807, 2.05) is 57.2 Å². The molecule has 0 saturated heterocycles. The Morgan fingerprint density at radius 1 is 1.05 bits per heavy atom. The third kappa shape index (κ3) is 3.75. The molecule has 0 fully saturated rings. The van der Waals surface area contributed by atoms with E-state index in [1.54, 1.807) is 0 Å². The van der Waals surface area contributed by atoms with E-state index >= 15 is 0 Å². The van der Waals surface area contributed by atoms with Crippen LogP contribution in [0.25, 0.3) is 0 Å². The normalized spacial score (nSPS) is 12.5. The molecule has 2 rings (SSSR count). The van der Waals surface area contributed by atoms with Gasteiger partial charge in [-0.3, -0.25) is 0 Å². The minimum atomic E-state index is -0.205. The van der Waals surface area contributed by atoms with Gasteiger partial charge in [0.2, 0.25) is 0 Å². The molecule has 2 aromatic rings. The maximum Gasteiger partial charge on any atom is 0.120 e. The van der Waals surface area contributed by atoms with Gasteiger partial charge in [-0.1, -0.05) is 29.8 Å². The second kappa shape index (κ2) is 6.29. The van der Waals surface area contributed by atoms with E-state index in [-0.39, 0.29) is 12.1 Å². The van der Waals surface area contributed by atoms with Gasteiger partial charge >= 0.3 is 0 Å². The van der Waals surface area contributed by atoms with Crippen molar-refractivity contribution in [1.82, 2.24) is 0 Å². The van der Waals surface area contributed by atoms with Crippen LogP contribution in [0.5, 0.6) is 5.75 Å². The molecule has 0 radical (unpaired) electrons. The molecule has 3 heteroatoms. The summed E-state index contributed by atoms with van der Waals surface area (Å²) in [7, 11) is 0. The summed E-state index contributed by atoms with van der Waals surface area (Å²) in [5.74, 6) is 0.840. The highest BCUT2D eigenvalue weighted by Gasteiger charge is 2.11. The van der Waals surface area contributed by atoms with Crippen LogP contribution in [0.2, 0.25) is 5.02 Å². The highest BCUT2D eigenvalue weighted by Crippen LogP contribution is 2.26. The molecular weight excluding hydrogens is 270 g/mol. The number of aryl methyl sites for hydroxylation is 1. The van der Waals surface area contributed by atoms with E-state index in [2.05, 4.69) is 6.07 Å². The molecule has 0 aliphatic heterocycles. The molecule has 0 bridgehead atoms. The zero-order valence-corrected chi connectivity index (χ0v) is 12.8. The SMILES string of the molecule is Cc1cc(Cl)cc(C(N)c2cccc(OC(C)C)c2)c1. The fourth-order valence-corrected chi connectivity index (χ4v) is 2.49. The fraction of sp³-hybridized carbons (Fsp3) is 0.294. The van der Waals surface area contributed by atoms with Crippen LogP contribution in [0.3, 0.4) is 0 Å². The number of ether oxygens (including phenoxy) is 1. The number of rotatable bonds is 4. The summed E-state index contributed by atoms with van der Waals surface area (Å²) in [6, 6.07) is 13.6. The summed E-state index contributed by atoms with van der Waals surface area (Å²) in [5, 5.41) is 0.713. The number of hydrogen-bond donors (Lipinski definition) is 1. The first-order valence-corrected chi connectivity index (χ1v) is 7.13. The van der Waals surface area contributed by atoms with Crippen molar-refractivity contribution in [2.45, 2.75) is 32.9 Å². The van der Waals surface area contributed by atoms with Gasteiger partial charge in [0.05, 0.1) is 12.1 Å². The minimum Gasteiger partial charge on any atom is -0.491 e. The van der Waals surface area contributed by atoms with Gasteiger partial charge in [-0.2, -0.15) is 0 Å². The van der Waals surface area contributed by atoms with Gasteiger partial charge in [-0.25, -0.2) is 0 Å². The molecule has 0 amide bonds. The van der Waals surface area contributed by atoms with Crippen molar-refractivity contribution >= 4 is 11.6 Å². The lowest BCUT2D eigenvalue weighted by molar-refractivity contribution is 0.242. The van der Waals surface area contributed by atoms with Gasteiger partial charge in [0, 0.05) is 5.02 Å².